The molecular weight excluding hydrogens is 498 g/mol. The Bertz CT molecular complexity index is 1280. The molecule has 0 fully saturated rings. The summed E-state index contributed by atoms with van der Waals surface area (Å²) in [5, 5.41) is 3.39. The second kappa shape index (κ2) is 12.8. The van der Waals surface area contributed by atoms with Crippen LogP contribution in [0.5, 0.6) is 17.2 Å². The van der Waals surface area contributed by atoms with Gasteiger partial charge in [-0.3, -0.25) is 4.79 Å². The van der Waals surface area contributed by atoms with Crippen LogP contribution in [-0.2, 0) is 19.1 Å². The second-order valence-corrected chi connectivity index (χ2v) is 9.47. The fraction of sp³-hybridized carbons (Fsp3) is 0.419. The lowest BCUT2D eigenvalue weighted by Crippen LogP contribution is -2.36. The molecule has 1 N–H and O–H groups in total. The van der Waals surface area contributed by atoms with Gasteiger partial charge in [0.15, 0.2) is 17.3 Å². The van der Waals surface area contributed by atoms with Crippen LogP contribution in [0.25, 0.3) is 0 Å². The van der Waals surface area contributed by atoms with E-state index in [9.17, 15) is 9.59 Å². The second-order valence-electron chi connectivity index (χ2n) is 9.47. The number of carbonyl (C=O) groups excluding carboxylic acids is 2. The first kappa shape index (κ1) is 28.2. The number of esters is 1. The Morgan fingerprint density at radius 1 is 0.949 bits per heavy atom. The van der Waals surface area contributed by atoms with Gasteiger partial charge in [0.2, 0.25) is 0 Å². The SMILES string of the molecule is CCOCCOC(=O)C1=C(C)NC2=C(C(=O)C[C@H](c3ccc(OC)c(OC)c3)C2)[C@@H]1c1cccc(OCC)c1. The predicted molar refractivity (Wildman–Crippen MR) is 147 cm³/mol. The zero-order valence-electron chi connectivity index (χ0n) is 23.3. The van der Waals surface area contributed by atoms with Crippen molar-refractivity contribution < 1.29 is 33.3 Å². The number of hydrogen-bond acceptors (Lipinski definition) is 8. The molecule has 8 nitrogen and oxygen atoms in total. The van der Waals surface area contributed by atoms with E-state index in [1.807, 2.05) is 63.2 Å². The Morgan fingerprint density at radius 2 is 1.74 bits per heavy atom. The number of rotatable bonds is 11. The highest BCUT2D eigenvalue weighted by Crippen LogP contribution is 2.47. The van der Waals surface area contributed by atoms with Crippen LogP contribution in [0.15, 0.2) is 65.0 Å². The molecule has 1 aliphatic heterocycles. The first-order valence-electron chi connectivity index (χ1n) is 13.3. The van der Waals surface area contributed by atoms with E-state index in [0.29, 0.717) is 66.8 Å². The molecule has 2 aliphatic rings. The lowest BCUT2D eigenvalue weighted by molar-refractivity contribution is -0.140. The summed E-state index contributed by atoms with van der Waals surface area (Å²) in [6.45, 7) is 7.16. The molecule has 2 atom stereocenters. The number of benzene rings is 2. The number of nitrogens with one attached hydrogen (secondary N) is 1. The van der Waals surface area contributed by atoms with Gasteiger partial charge in [0.25, 0.3) is 0 Å². The largest absolute Gasteiger partial charge is 0.494 e. The summed E-state index contributed by atoms with van der Waals surface area (Å²) in [5.74, 6) is 0.850. The van der Waals surface area contributed by atoms with Crippen molar-refractivity contribution in [2.75, 3.05) is 40.6 Å². The van der Waals surface area contributed by atoms with E-state index in [4.69, 9.17) is 23.7 Å². The standard InChI is InChI=1S/C31H37NO7/c1-6-37-13-14-39-31(34)28-19(3)32-24-16-22(20-11-12-26(35-4)27(18-20)36-5)17-25(33)30(24)29(28)21-9-8-10-23(15-21)38-7-2/h8-12,15,18,22,29,32H,6-7,13-14,16-17H2,1-5H3/t22-,29-/m1/s1. The van der Waals surface area contributed by atoms with E-state index in [-0.39, 0.29) is 18.3 Å². The number of carbonyl (C=O) groups is 2. The summed E-state index contributed by atoms with van der Waals surface area (Å²) < 4.78 is 27.5. The lowest BCUT2D eigenvalue weighted by Gasteiger charge is -2.37. The fourth-order valence-electron chi connectivity index (χ4n) is 5.35. The normalized spacial score (nSPS) is 18.8. The molecular formula is C31H37NO7. The van der Waals surface area contributed by atoms with E-state index < -0.39 is 11.9 Å². The average molecular weight is 536 g/mol. The Hall–Kier alpha value is -3.78. The third-order valence-electron chi connectivity index (χ3n) is 7.09. The highest BCUT2D eigenvalue weighted by atomic mass is 16.6. The maximum Gasteiger partial charge on any atom is 0.336 e. The third kappa shape index (κ3) is 6.11. The minimum Gasteiger partial charge on any atom is -0.494 e. The minimum absolute atomic E-state index is 0.0116. The number of hydrogen-bond donors (Lipinski definition) is 1. The quantitative estimate of drug-likeness (QED) is 0.316. The zero-order valence-corrected chi connectivity index (χ0v) is 23.3. The minimum atomic E-state index is -0.569. The van der Waals surface area contributed by atoms with Gasteiger partial charge in [-0.15, -0.1) is 0 Å². The predicted octanol–water partition coefficient (Wildman–Crippen LogP) is 5.04. The average Bonchev–Trinajstić information content (AvgIpc) is 2.94. The molecule has 0 aromatic heterocycles. The number of ketones is 1. The molecule has 4 rings (SSSR count). The van der Waals surface area contributed by atoms with E-state index >= 15 is 0 Å². The van der Waals surface area contributed by atoms with Crippen molar-refractivity contribution in [1.82, 2.24) is 5.32 Å². The van der Waals surface area contributed by atoms with Gasteiger partial charge in [-0.1, -0.05) is 18.2 Å². The highest BCUT2D eigenvalue weighted by Gasteiger charge is 2.41. The molecule has 0 unspecified atom stereocenters. The van der Waals surface area contributed by atoms with E-state index in [1.54, 1.807) is 14.2 Å². The van der Waals surface area contributed by atoms with Crippen molar-refractivity contribution in [2.24, 2.45) is 0 Å². The van der Waals surface area contributed by atoms with Crippen molar-refractivity contribution in [3.63, 3.8) is 0 Å². The fourth-order valence-corrected chi connectivity index (χ4v) is 5.35. The van der Waals surface area contributed by atoms with Gasteiger partial charge < -0.3 is 29.0 Å². The summed E-state index contributed by atoms with van der Waals surface area (Å²) in [7, 11) is 3.20. The van der Waals surface area contributed by atoms with Crippen LogP contribution in [0.2, 0.25) is 0 Å². The molecule has 0 saturated heterocycles. The van der Waals surface area contributed by atoms with Crippen LogP contribution < -0.4 is 19.5 Å². The molecule has 0 spiro atoms. The first-order chi connectivity index (χ1) is 18.9. The Labute approximate surface area is 229 Å². The molecule has 208 valence electrons. The van der Waals surface area contributed by atoms with Crippen LogP contribution in [0.3, 0.4) is 0 Å². The van der Waals surface area contributed by atoms with E-state index in [0.717, 1.165) is 16.8 Å². The molecule has 2 aromatic rings. The third-order valence-corrected chi connectivity index (χ3v) is 7.09. The van der Waals surface area contributed by atoms with Gasteiger partial charge in [0, 0.05) is 35.9 Å². The number of allylic oxidation sites excluding steroid dienone is 3. The van der Waals surface area contributed by atoms with Crippen molar-refractivity contribution in [3.8, 4) is 17.2 Å². The molecule has 0 amide bonds. The van der Waals surface area contributed by atoms with Gasteiger partial charge in [-0.2, -0.15) is 0 Å². The van der Waals surface area contributed by atoms with E-state index in [1.165, 1.54) is 0 Å². The molecule has 1 heterocycles. The molecule has 2 aromatic carbocycles. The highest BCUT2D eigenvalue weighted by molar-refractivity contribution is 6.04. The van der Waals surface area contributed by atoms with Crippen LogP contribution in [0, 0.1) is 0 Å². The number of ether oxygens (including phenoxy) is 5. The first-order valence-corrected chi connectivity index (χ1v) is 13.3. The van der Waals surface area contributed by atoms with Crippen molar-refractivity contribution in [3.05, 3.63) is 76.1 Å². The topological polar surface area (TPSA) is 92.3 Å². The maximum atomic E-state index is 13.9. The molecule has 39 heavy (non-hydrogen) atoms. The van der Waals surface area contributed by atoms with Gasteiger partial charge in [-0.05, 0) is 68.5 Å². The molecule has 0 radical (unpaired) electrons. The monoisotopic (exact) mass is 535 g/mol. The van der Waals surface area contributed by atoms with Crippen molar-refractivity contribution >= 4 is 11.8 Å². The molecule has 8 heteroatoms. The summed E-state index contributed by atoms with van der Waals surface area (Å²) in [5.41, 5.74) is 4.32. The maximum absolute atomic E-state index is 13.9. The smallest absolute Gasteiger partial charge is 0.336 e. The zero-order chi connectivity index (χ0) is 27.9. The summed E-state index contributed by atoms with van der Waals surface area (Å²) in [4.78, 5) is 27.3. The van der Waals surface area contributed by atoms with Crippen LogP contribution in [-0.4, -0.2) is 52.4 Å². The Balaban J connectivity index is 1.73. The Kier molecular flexibility index (Phi) is 9.30. The van der Waals surface area contributed by atoms with Crippen LogP contribution in [0.4, 0.5) is 0 Å². The summed E-state index contributed by atoms with van der Waals surface area (Å²) >= 11 is 0. The van der Waals surface area contributed by atoms with Gasteiger partial charge >= 0.3 is 5.97 Å². The van der Waals surface area contributed by atoms with Crippen molar-refractivity contribution in [1.29, 1.82) is 0 Å². The van der Waals surface area contributed by atoms with Crippen LogP contribution >= 0.6 is 0 Å². The number of Topliss-reactive ketones (excluding diaryl/α,β-unsaturated/α-hetero) is 1. The number of dihydropyridines is 1. The van der Waals surface area contributed by atoms with Crippen molar-refractivity contribution in [2.45, 2.75) is 45.4 Å². The van der Waals surface area contributed by atoms with E-state index in [2.05, 4.69) is 5.32 Å². The molecule has 0 saturated carbocycles. The summed E-state index contributed by atoms with van der Waals surface area (Å²) in [6.07, 6.45) is 0.922. The lowest BCUT2D eigenvalue weighted by atomic mass is 9.71. The van der Waals surface area contributed by atoms with Gasteiger partial charge in [0.05, 0.1) is 33.0 Å². The summed E-state index contributed by atoms with van der Waals surface area (Å²) in [6, 6.07) is 13.3. The molecule has 1 aliphatic carbocycles. The van der Waals surface area contributed by atoms with Gasteiger partial charge in [-0.25, -0.2) is 4.79 Å². The Morgan fingerprint density at radius 3 is 2.46 bits per heavy atom. The number of methoxy groups -OCH3 is 2. The van der Waals surface area contributed by atoms with Crippen LogP contribution in [0.1, 0.15) is 56.6 Å². The van der Waals surface area contributed by atoms with Gasteiger partial charge in [0.1, 0.15) is 12.4 Å². The molecule has 0 bridgehead atoms.